The Kier molecular flexibility index (Phi) is 5.98. The van der Waals surface area contributed by atoms with E-state index in [0.29, 0.717) is 11.4 Å². The third-order valence-corrected chi connectivity index (χ3v) is 3.57. The number of rotatable bonds is 6. The predicted octanol–water partition coefficient (Wildman–Crippen LogP) is 3.41. The molecule has 5 heteroatoms. The Bertz CT molecular complexity index is 656. The van der Waals surface area contributed by atoms with Gasteiger partial charge in [-0.25, -0.2) is 5.43 Å². The summed E-state index contributed by atoms with van der Waals surface area (Å²) in [7, 11) is 0. The van der Waals surface area contributed by atoms with Crippen LogP contribution in [0, 0.1) is 6.92 Å². The molecule has 0 atom stereocenters. The van der Waals surface area contributed by atoms with E-state index in [1.54, 1.807) is 6.21 Å². The Balaban J connectivity index is 1.75. The lowest BCUT2D eigenvalue weighted by Gasteiger charge is -2.09. The van der Waals surface area contributed by atoms with Gasteiger partial charge in [0.1, 0.15) is 0 Å². The molecule has 0 aliphatic carbocycles. The van der Waals surface area contributed by atoms with Gasteiger partial charge in [0, 0.05) is 23.3 Å². The lowest BCUT2D eigenvalue weighted by Crippen LogP contribution is -2.26. The molecule has 1 amide bonds. The fourth-order valence-corrected chi connectivity index (χ4v) is 2.07. The molecule has 0 fully saturated rings. The molecular formula is C17H18ClN3O. The van der Waals surface area contributed by atoms with E-state index in [0.717, 1.165) is 16.8 Å². The molecular weight excluding hydrogens is 298 g/mol. The summed E-state index contributed by atoms with van der Waals surface area (Å²) in [6, 6.07) is 15.5. The van der Waals surface area contributed by atoms with Gasteiger partial charge in [0.15, 0.2) is 0 Å². The molecule has 2 aromatic carbocycles. The highest BCUT2D eigenvalue weighted by atomic mass is 35.5. The summed E-state index contributed by atoms with van der Waals surface area (Å²) in [6.45, 7) is 2.05. The van der Waals surface area contributed by atoms with E-state index in [1.165, 1.54) is 0 Å². The zero-order valence-electron chi connectivity index (χ0n) is 12.3. The van der Waals surface area contributed by atoms with Gasteiger partial charge < -0.3 is 5.32 Å². The molecule has 0 bridgehead atoms. The third-order valence-electron chi connectivity index (χ3n) is 3.16. The average molecular weight is 316 g/mol. The smallest absolute Gasteiger partial charge is 0.259 e. The van der Waals surface area contributed by atoms with Gasteiger partial charge in [-0.05, 0) is 30.2 Å². The topological polar surface area (TPSA) is 53.5 Å². The van der Waals surface area contributed by atoms with Crippen LogP contribution in [0.3, 0.4) is 0 Å². The molecule has 4 nitrogen and oxygen atoms in total. The zero-order valence-corrected chi connectivity index (χ0v) is 13.1. The molecule has 0 radical (unpaired) electrons. The quantitative estimate of drug-likeness (QED) is 0.634. The van der Waals surface area contributed by atoms with Crippen molar-refractivity contribution in [1.29, 1.82) is 0 Å². The maximum absolute atomic E-state index is 11.7. The van der Waals surface area contributed by atoms with Crippen molar-refractivity contribution in [2.75, 3.05) is 11.9 Å². The second-order valence-electron chi connectivity index (χ2n) is 4.80. The highest BCUT2D eigenvalue weighted by Gasteiger charge is 2.03. The van der Waals surface area contributed by atoms with Crippen molar-refractivity contribution in [1.82, 2.24) is 5.43 Å². The molecule has 0 saturated carbocycles. The van der Waals surface area contributed by atoms with Gasteiger partial charge in [-0.1, -0.05) is 48.0 Å². The first kappa shape index (κ1) is 16.0. The second kappa shape index (κ2) is 8.20. The number of hydrazone groups is 1. The van der Waals surface area contributed by atoms with E-state index in [4.69, 9.17) is 11.6 Å². The molecule has 0 aliphatic rings. The fraction of sp³-hybridized carbons (Fsp3) is 0.176. The molecule has 0 saturated heterocycles. The monoisotopic (exact) mass is 315 g/mol. The molecule has 2 N–H and O–H groups in total. The van der Waals surface area contributed by atoms with Crippen LogP contribution in [-0.2, 0) is 11.2 Å². The molecule has 0 unspecified atom stereocenters. The Morgan fingerprint density at radius 1 is 1.18 bits per heavy atom. The highest BCUT2D eigenvalue weighted by Crippen LogP contribution is 2.22. The Hall–Kier alpha value is -2.33. The molecule has 2 rings (SSSR count). The molecule has 0 spiro atoms. The van der Waals surface area contributed by atoms with Gasteiger partial charge in [-0.15, -0.1) is 0 Å². The van der Waals surface area contributed by atoms with Gasteiger partial charge >= 0.3 is 0 Å². The SMILES string of the molecule is Cc1c(Cl)cccc1NCC(=O)NN=CCc1ccccc1. The van der Waals surface area contributed by atoms with Crippen LogP contribution >= 0.6 is 11.6 Å². The minimum Gasteiger partial charge on any atom is -0.376 e. The zero-order chi connectivity index (χ0) is 15.8. The molecule has 2 aromatic rings. The van der Waals surface area contributed by atoms with Crippen molar-refractivity contribution in [2.24, 2.45) is 5.10 Å². The molecule has 0 aromatic heterocycles. The van der Waals surface area contributed by atoms with Gasteiger partial charge in [0.05, 0.1) is 6.54 Å². The van der Waals surface area contributed by atoms with Gasteiger partial charge in [0.25, 0.3) is 5.91 Å². The number of hydrogen-bond donors (Lipinski definition) is 2. The van der Waals surface area contributed by atoms with Gasteiger partial charge in [-0.2, -0.15) is 5.10 Å². The predicted molar refractivity (Wildman–Crippen MR) is 91.5 cm³/mol. The first-order valence-corrected chi connectivity index (χ1v) is 7.38. The minimum absolute atomic E-state index is 0.143. The van der Waals surface area contributed by atoms with Crippen LogP contribution in [0.5, 0.6) is 0 Å². The van der Waals surface area contributed by atoms with E-state index in [-0.39, 0.29) is 12.5 Å². The van der Waals surface area contributed by atoms with Crippen LogP contribution in [-0.4, -0.2) is 18.7 Å². The number of anilines is 1. The standard InChI is InChI=1S/C17H18ClN3O/c1-13-15(18)8-5-9-16(13)19-12-17(22)21-20-11-10-14-6-3-2-4-7-14/h2-9,11,19H,10,12H2,1H3,(H,21,22). The maximum atomic E-state index is 11.7. The fourth-order valence-electron chi connectivity index (χ4n) is 1.90. The normalized spacial score (nSPS) is 10.6. The van der Waals surface area contributed by atoms with Crippen molar-refractivity contribution < 1.29 is 4.79 Å². The Morgan fingerprint density at radius 2 is 1.95 bits per heavy atom. The van der Waals surface area contributed by atoms with Crippen molar-refractivity contribution in [3.05, 3.63) is 64.7 Å². The van der Waals surface area contributed by atoms with E-state index < -0.39 is 0 Å². The number of benzene rings is 2. The van der Waals surface area contributed by atoms with E-state index in [1.807, 2.05) is 55.5 Å². The average Bonchev–Trinajstić information content (AvgIpc) is 2.54. The number of amides is 1. The van der Waals surface area contributed by atoms with Crippen LogP contribution in [0.15, 0.2) is 53.6 Å². The van der Waals surface area contributed by atoms with E-state index >= 15 is 0 Å². The molecule has 22 heavy (non-hydrogen) atoms. The van der Waals surface area contributed by atoms with Crippen LogP contribution in [0.1, 0.15) is 11.1 Å². The van der Waals surface area contributed by atoms with Crippen molar-refractivity contribution in [2.45, 2.75) is 13.3 Å². The number of nitrogens with one attached hydrogen (secondary N) is 2. The van der Waals surface area contributed by atoms with Gasteiger partial charge in [-0.3, -0.25) is 4.79 Å². The number of carbonyl (C=O) groups excluding carboxylic acids is 1. The number of hydrogen-bond acceptors (Lipinski definition) is 3. The maximum Gasteiger partial charge on any atom is 0.259 e. The Labute approximate surface area is 135 Å². The molecule has 0 heterocycles. The van der Waals surface area contributed by atoms with Crippen molar-refractivity contribution in [3.63, 3.8) is 0 Å². The van der Waals surface area contributed by atoms with E-state index in [9.17, 15) is 4.79 Å². The number of carbonyl (C=O) groups is 1. The Morgan fingerprint density at radius 3 is 2.73 bits per heavy atom. The highest BCUT2D eigenvalue weighted by molar-refractivity contribution is 6.31. The van der Waals surface area contributed by atoms with Crippen LogP contribution in [0.25, 0.3) is 0 Å². The van der Waals surface area contributed by atoms with Crippen LogP contribution in [0.2, 0.25) is 5.02 Å². The van der Waals surface area contributed by atoms with E-state index in [2.05, 4.69) is 15.8 Å². The number of nitrogens with zero attached hydrogens (tertiary/aromatic N) is 1. The summed E-state index contributed by atoms with van der Waals surface area (Å²) in [5.41, 5.74) is 5.40. The molecule has 114 valence electrons. The van der Waals surface area contributed by atoms with Crippen molar-refractivity contribution in [3.8, 4) is 0 Å². The van der Waals surface area contributed by atoms with Crippen LogP contribution < -0.4 is 10.7 Å². The van der Waals surface area contributed by atoms with Crippen molar-refractivity contribution >= 4 is 29.4 Å². The summed E-state index contributed by atoms with van der Waals surface area (Å²) < 4.78 is 0. The lowest BCUT2D eigenvalue weighted by molar-refractivity contribution is -0.119. The lowest BCUT2D eigenvalue weighted by atomic mass is 10.2. The third kappa shape index (κ3) is 4.90. The first-order chi connectivity index (χ1) is 10.7. The van der Waals surface area contributed by atoms with Crippen LogP contribution in [0.4, 0.5) is 5.69 Å². The summed E-state index contributed by atoms with van der Waals surface area (Å²) in [5, 5.41) is 7.64. The van der Waals surface area contributed by atoms with Gasteiger partial charge in [0.2, 0.25) is 0 Å². The largest absolute Gasteiger partial charge is 0.376 e. The summed E-state index contributed by atoms with van der Waals surface area (Å²) in [5.74, 6) is -0.205. The second-order valence-corrected chi connectivity index (χ2v) is 5.21. The summed E-state index contributed by atoms with van der Waals surface area (Å²) in [6.07, 6.45) is 2.36. The molecule has 0 aliphatic heterocycles. The summed E-state index contributed by atoms with van der Waals surface area (Å²) >= 11 is 6.03. The first-order valence-electron chi connectivity index (χ1n) is 7.00. The minimum atomic E-state index is -0.205. The number of halogens is 1. The summed E-state index contributed by atoms with van der Waals surface area (Å²) in [4.78, 5) is 11.7.